The quantitative estimate of drug-likeness (QED) is 0.752. The van der Waals surface area contributed by atoms with Gasteiger partial charge in [0.2, 0.25) is 0 Å². The number of carbonyl (C=O) groups is 1. The average Bonchev–Trinajstić information content (AvgIpc) is 3.26. The second-order valence-electron chi connectivity index (χ2n) is 4.98. The molecule has 0 aromatic carbocycles. The lowest BCUT2D eigenvalue weighted by atomic mass is 10.1. The van der Waals surface area contributed by atoms with E-state index >= 15 is 0 Å². The van der Waals surface area contributed by atoms with Crippen LogP contribution in [-0.4, -0.2) is 22.5 Å². The molecular weight excluding hydrogens is 320 g/mol. The van der Waals surface area contributed by atoms with E-state index in [9.17, 15) is 9.90 Å². The third kappa shape index (κ3) is 3.11. The molecule has 1 unspecified atom stereocenters. The fraction of sp³-hybridized carbons (Fsp3) is 0.200. The molecule has 0 aliphatic rings. The lowest BCUT2D eigenvalue weighted by Gasteiger charge is -2.21. The van der Waals surface area contributed by atoms with Gasteiger partial charge in [-0.25, -0.2) is 4.98 Å². The number of thiophene rings is 1. The highest BCUT2D eigenvalue weighted by Gasteiger charge is 2.25. The summed E-state index contributed by atoms with van der Waals surface area (Å²) in [6.45, 7) is 1.81. The van der Waals surface area contributed by atoms with Crippen LogP contribution >= 0.6 is 22.7 Å². The summed E-state index contributed by atoms with van der Waals surface area (Å²) in [6.07, 6.45) is 3.15. The second-order valence-corrected chi connectivity index (χ2v) is 6.79. The minimum absolute atomic E-state index is 0.130. The third-order valence-electron chi connectivity index (χ3n) is 3.15. The van der Waals surface area contributed by atoms with E-state index in [2.05, 4.69) is 10.3 Å². The van der Waals surface area contributed by atoms with Crippen molar-refractivity contribution in [3.63, 3.8) is 0 Å². The van der Waals surface area contributed by atoms with Crippen molar-refractivity contribution in [2.75, 3.05) is 6.54 Å². The molecule has 7 heteroatoms. The fourth-order valence-electron chi connectivity index (χ4n) is 1.91. The standard InChI is InChI=1S/C15H14N2O3S2/c1-15(19,12-3-2-6-21-12)9-16-13(18)11-8-22-14(17-11)10-4-5-20-7-10/h2-8,19H,9H2,1H3,(H,16,18). The molecule has 0 radical (unpaired) electrons. The van der Waals surface area contributed by atoms with Crippen molar-refractivity contribution in [2.45, 2.75) is 12.5 Å². The molecule has 114 valence electrons. The summed E-state index contributed by atoms with van der Waals surface area (Å²) in [7, 11) is 0. The molecule has 22 heavy (non-hydrogen) atoms. The third-order valence-corrected chi connectivity index (χ3v) is 5.16. The summed E-state index contributed by atoms with van der Waals surface area (Å²) in [4.78, 5) is 17.2. The number of amides is 1. The molecule has 0 aliphatic carbocycles. The van der Waals surface area contributed by atoms with E-state index in [4.69, 9.17) is 4.42 Å². The molecular formula is C15H14N2O3S2. The van der Waals surface area contributed by atoms with Gasteiger partial charge in [-0.15, -0.1) is 22.7 Å². The van der Waals surface area contributed by atoms with Crippen molar-refractivity contribution < 1.29 is 14.3 Å². The second kappa shape index (κ2) is 6.04. The van der Waals surface area contributed by atoms with Gasteiger partial charge in [-0.1, -0.05) is 6.07 Å². The van der Waals surface area contributed by atoms with Crippen molar-refractivity contribution in [3.8, 4) is 10.6 Å². The molecule has 0 fully saturated rings. The van der Waals surface area contributed by atoms with Gasteiger partial charge in [0.1, 0.15) is 22.6 Å². The molecule has 0 spiro atoms. The molecule has 1 amide bonds. The lowest BCUT2D eigenvalue weighted by molar-refractivity contribution is 0.0555. The van der Waals surface area contributed by atoms with Crippen LogP contribution in [0.5, 0.6) is 0 Å². The first-order chi connectivity index (χ1) is 10.6. The summed E-state index contributed by atoms with van der Waals surface area (Å²) in [5.41, 5.74) is 0.0885. The zero-order chi connectivity index (χ0) is 15.6. The predicted molar refractivity (Wildman–Crippen MR) is 86.0 cm³/mol. The number of hydrogen-bond donors (Lipinski definition) is 2. The summed E-state index contributed by atoms with van der Waals surface area (Å²) in [6, 6.07) is 5.51. The van der Waals surface area contributed by atoms with Crippen molar-refractivity contribution >= 4 is 28.6 Å². The maximum atomic E-state index is 12.1. The zero-order valence-electron chi connectivity index (χ0n) is 11.8. The minimum atomic E-state index is -1.09. The normalized spacial score (nSPS) is 13.7. The van der Waals surface area contributed by atoms with Gasteiger partial charge in [0.05, 0.1) is 12.8 Å². The number of hydrogen-bond acceptors (Lipinski definition) is 6. The smallest absolute Gasteiger partial charge is 0.270 e. The number of thiazole rings is 1. The predicted octanol–water partition coefficient (Wildman–Crippen LogP) is 3.10. The number of furan rings is 1. The van der Waals surface area contributed by atoms with E-state index in [-0.39, 0.29) is 12.5 Å². The topological polar surface area (TPSA) is 75.4 Å². The maximum Gasteiger partial charge on any atom is 0.270 e. The summed E-state index contributed by atoms with van der Waals surface area (Å²) in [5, 5.41) is 17.4. The monoisotopic (exact) mass is 334 g/mol. The lowest BCUT2D eigenvalue weighted by Crippen LogP contribution is -2.38. The Kier molecular flexibility index (Phi) is 4.10. The van der Waals surface area contributed by atoms with Gasteiger partial charge < -0.3 is 14.8 Å². The first-order valence-electron chi connectivity index (χ1n) is 6.59. The summed E-state index contributed by atoms with van der Waals surface area (Å²) >= 11 is 2.83. The molecule has 3 aromatic rings. The largest absolute Gasteiger partial charge is 0.472 e. The molecule has 0 bridgehead atoms. The fourth-order valence-corrected chi connectivity index (χ4v) is 3.49. The highest BCUT2D eigenvalue weighted by atomic mass is 32.1. The molecule has 3 aromatic heterocycles. The van der Waals surface area contributed by atoms with E-state index in [1.165, 1.54) is 22.7 Å². The highest BCUT2D eigenvalue weighted by molar-refractivity contribution is 7.13. The van der Waals surface area contributed by atoms with Crippen molar-refractivity contribution in [3.05, 3.63) is 52.1 Å². The Morgan fingerprint density at radius 2 is 2.32 bits per heavy atom. The van der Waals surface area contributed by atoms with Gasteiger partial charge in [0.15, 0.2) is 0 Å². The van der Waals surface area contributed by atoms with E-state index in [0.29, 0.717) is 5.69 Å². The van der Waals surface area contributed by atoms with Crippen molar-refractivity contribution in [1.82, 2.24) is 10.3 Å². The van der Waals surface area contributed by atoms with Crippen LogP contribution in [0.15, 0.2) is 45.9 Å². The Labute approximate surface area is 135 Å². The number of nitrogens with zero attached hydrogens (tertiary/aromatic N) is 1. The van der Waals surface area contributed by atoms with Crippen LogP contribution < -0.4 is 5.32 Å². The van der Waals surface area contributed by atoms with Gasteiger partial charge in [-0.2, -0.15) is 0 Å². The number of carbonyl (C=O) groups excluding carboxylic acids is 1. The molecule has 2 N–H and O–H groups in total. The molecule has 5 nitrogen and oxygen atoms in total. The van der Waals surface area contributed by atoms with Crippen molar-refractivity contribution in [1.29, 1.82) is 0 Å². The summed E-state index contributed by atoms with van der Waals surface area (Å²) in [5.74, 6) is -0.303. The van der Waals surface area contributed by atoms with Crippen LogP contribution in [0, 0.1) is 0 Å². The maximum absolute atomic E-state index is 12.1. The van der Waals surface area contributed by atoms with Crippen LogP contribution in [0.1, 0.15) is 22.3 Å². The number of rotatable bonds is 5. The first-order valence-corrected chi connectivity index (χ1v) is 8.35. The van der Waals surface area contributed by atoms with Crippen LogP contribution in [-0.2, 0) is 5.60 Å². The number of nitrogens with one attached hydrogen (secondary N) is 1. The summed E-state index contributed by atoms with van der Waals surface area (Å²) < 4.78 is 5.01. The molecule has 0 aliphatic heterocycles. The highest BCUT2D eigenvalue weighted by Crippen LogP contribution is 2.25. The Morgan fingerprint density at radius 1 is 1.45 bits per heavy atom. The molecule has 0 saturated heterocycles. The van der Waals surface area contributed by atoms with Crippen LogP contribution in [0.25, 0.3) is 10.6 Å². The number of aliphatic hydroxyl groups is 1. The molecule has 0 saturated carbocycles. The Morgan fingerprint density at radius 3 is 3.00 bits per heavy atom. The van der Waals surface area contributed by atoms with Gasteiger partial charge in [0, 0.05) is 15.8 Å². The van der Waals surface area contributed by atoms with Gasteiger partial charge >= 0.3 is 0 Å². The van der Waals surface area contributed by atoms with Crippen LogP contribution in [0.4, 0.5) is 0 Å². The Bertz CT molecular complexity index is 746. The van der Waals surface area contributed by atoms with E-state index in [1.807, 2.05) is 17.5 Å². The van der Waals surface area contributed by atoms with Gasteiger partial charge in [0.25, 0.3) is 5.91 Å². The van der Waals surface area contributed by atoms with Gasteiger partial charge in [-0.3, -0.25) is 4.79 Å². The molecule has 1 atom stereocenters. The van der Waals surface area contributed by atoms with Gasteiger partial charge in [-0.05, 0) is 24.4 Å². The van der Waals surface area contributed by atoms with E-state index in [1.54, 1.807) is 30.9 Å². The van der Waals surface area contributed by atoms with E-state index < -0.39 is 5.60 Å². The average molecular weight is 334 g/mol. The van der Waals surface area contributed by atoms with E-state index in [0.717, 1.165) is 15.4 Å². The molecule has 3 rings (SSSR count). The van der Waals surface area contributed by atoms with Crippen LogP contribution in [0.2, 0.25) is 0 Å². The first kappa shape index (κ1) is 15.0. The SMILES string of the molecule is CC(O)(CNC(=O)c1csc(-c2ccoc2)n1)c1cccs1. The Hall–Kier alpha value is -1.96. The molecule has 3 heterocycles. The van der Waals surface area contributed by atoms with Crippen molar-refractivity contribution in [2.24, 2.45) is 0 Å². The zero-order valence-corrected chi connectivity index (χ0v) is 13.4. The minimum Gasteiger partial charge on any atom is -0.472 e. The van der Waals surface area contributed by atoms with Crippen LogP contribution in [0.3, 0.4) is 0 Å². The Balaban J connectivity index is 1.65. The number of aromatic nitrogens is 1.